The van der Waals surface area contributed by atoms with Gasteiger partial charge in [-0.2, -0.15) is 4.98 Å². The van der Waals surface area contributed by atoms with Crippen molar-refractivity contribution in [2.75, 3.05) is 57.4 Å². The average Bonchev–Trinajstić information content (AvgIpc) is 2.91. The highest BCUT2D eigenvalue weighted by Crippen LogP contribution is 2.31. The Morgan fingerprint density at radius 1 is 0.889 bits per heavy atom. The number of anilines is 1. The number of aromatic amines is 1. The average molecular weight is 489 g/mol. The number of benzene rings is 2. The number of pyridine rings is 2. The second kappa shape index (κ2) is 11.4. The van der Waals surface area contributed by atoms with Crippen molar-refractivity contribution in [2.45, 2.75) is 12.8 Å². The predicted molar refractivity (Wildman–Crippen MR) is 142 cm³/mol. The first-order chi connectivity index (χ1) is 17.7. The van der Waals surface area contributed by atoms with Crippen LogP contribution in [0.15, 0.2) is 65.5 Å². The molecule has 0 amide bonds. The van der Waals surface area contributed by atoms with Crippen molar-refractivity contribution in [3.8, 4) is 11.6 Å². The fourth-order valence-electron chi connectivity index (χ4n) is 4.68. The molecule has 0 atom stereocenters. The van der Waals surface area contributed by atoms with E-state index in [9.17, 15) is 4.79 Å². The Balaban J connectivity index is 1.08. The van der Waals surface area contributed by atoms with Crippen LogP contribution in [0.2, 0.25) is 0 Å². The maximum Gasteiger partial charge on any atom is 0.249 e. The molecule has 0 unspecified atom stereocenters. The molecule has 3 heterocycles. The number of hydrogen-bond acceptors (Lipinski definition) is 7. The molecular weight excluding hydrogens is 456 g/mol. The fraction of sp³-hybridized carbons (Fsp3) is 0.357. The van der Waals surface area contributed by atoms with Gasteiger partial charge in [0.15, 0.2) is 0 Å². The van der Waals surface area contributed by atoms with E-state index in [-0.39, 0.29) is 12.2 Å². The van der Waals surface area contributed by atoms with E-state index in [0.717, 1.165) is 56.7 Å². The maximum atomic E-state index is 11.5. The minimum atomic E-state index is -0.162. The predicted octanol–water partition coefficient (Wildman–Crippen LogP) is 3.43. The number of nitrogens with one attached hydrogen (secondary N) is 1. The van der Waals surface area contributed by atoms with Crippen molar-refractivity contribution < 1.29 is 14.6 Å². The minimum absolute atomic E-state index is 0.0101. The molecule has 0 aliphatic carbocycles. The molecule has 8 heteroatoms. The lowest BCUT2D eigenvalue weighted by Crippen LogP contribution is -2.46. The highest BCUT2D eigenvalue weighted by Gasteiger charge is 2.18. The first-order valence-corrected chi connectivity index (χ1v) is 12.6. The first-order valence-electron chi connectivity index (χ1n) is 12.6. The Labute approximate surface area is 210 Å². The van der Waals surface area contributed by atoms with E-state index in [2.05, 4.69) is 50.1 Å². The van der Waals surface area contributed by atoms with Crippen LogP contribution >= 0.6 is 0 Å². The van der Waals surface area contributed by atoms with Crippen LogP contribution in [-0.2, 0) is 0 Å². The SMILES string of the molecule is O=c1ccc2ccc(OCCCCN3CCN(c4cccc5ccc(OCCO)cc45)CC3)nc2[nH]1. The zero-order chi connectivity index (χ0) is 24.7. The van der Waals surface area contributed by atoms with Gasteiger partial charge in [0.05, 0.1) is 13.2 Å². The second-order valence-corrected chi connectivity index (χ2v) is 9.03. The van der Waals surface area contributed by atoms with Crippen molar-refractivity contribution >= 4 is 27.5 Å². The number of hydrogen-bond donors (Lipinski definition) is 2. The fourth-order valence-corrected chi connectivity index (χ4v) is 4.68. The molecule has 8 nitrogen and oxygen atoms in total. The van der Waals surface area contributed by atoms with Gasteiger partial charge in [-0.3, -0.25) is 9.69 Å². The van der Waals surface area contributed by atoms with Crippen molar-refractivity contribution in [2.24, 2.45) is 0 Å². The van der Waals surface area contributed by atoms with Gasteiger partial charge in [0.2, 0.25) is 11.4 Å². The first kappa shape index (κ1) is 24.1. The molecule has 2 aromatic heterocycles. The summed E-state index contributed by atoms with van der Waals surface area (Å²) >= 11 is 0. The summed E-state index contributed by atoms with van der Waals surface area (Å²) in [6.07, 6.45) is 2.01. The highest BCUT2D eigenvalue weighted by molar-refractivity contribution is 5.95. The van der Waals surface area contributed by atoms with Crippen LogP contribution in [0.4, 0.5) is 5.69 Å². The Bertz CT molecular complexity index is 1360. The summed E-state index contributed by atoms with van der Waals surface area (Å²) in [6, 6.07) is 19.5. The molecule has 1 aliphatic heterocycles. The van der Waals surface area contributed by atoms with Gasteiger partial charge < -0.3 is 24.5 Å². The summed E-state index contributed by atoms with van der Waals surface area (Å²) in [5.74, 6) is 1.33. The summed E-state index contributed by atoms with van der Waals surface area (Å²) < 4.78 is 11.4. The third-order valence-electron chi connectivity index (χ3n) is 6.58. The van der Waals surface area contributed by atoms with E-state index in [0.29, 0.717) is 24.7 Å². The molecule has 2 aromatic carbocycles. The molecule has 1 saturated heterocycles. The van der Waals surface area contributed by atoms with Crippen molar-refractivity contribution in [1.29, 1.82) is 0 Å². The Hall–Kier alpha value is -3.62. The largest absolute Gasteiger partial charge is 0.491 e. The summed E-state index contributed by atoms with van der Waals surface area (Å²) in [4.78, 5) is 23.6. The molecule has 0 radical (unpaired) electrons. The topological polar surface area (TPSA) is 90.9 Å². The molecular formula is C28H32N4O4. The van der Waals surface area contributed by atoms with E-state index in [4.69, 9.17) is 14.6 Å². The summed E-state index contributed by atoms with van der Waals surface area (Å²) in [7, 11) is 0. The Kier molecular flexibility index (Phi) is 7.64. The van der Waals surface area contributed by atoms with Crippen LogP contribution in [0.1, 0.15) is 12.8 Å². The van der Waals surface area contributed by atoms with Gasteiger partial charge in [-0.25, -0.2) is 0 Å². The number of aromatic nitrogens is 2. The van der Waals surface area contributed by atoms with E-state index >= 15 is 0 Å². The second-order valence-electron chi connectivity index (χ2n) is 9.03. The minimum Gasteiger partial charge on any atom is -0.491 e. The summed E-state index contributed by atoms with van der Waals surface area (Å²) in [6.45, 7) is 5.98. The van der Waals surface area contributed by atoms with Crippen LogP contribution in [0, 0.1) is 0 Å². The highest BCUT2D eigenvalue weighted by atomic mass is 16.5. The number of aliphatic hydroxyl groups excluding tert-OH is 1. The number of unbranched alkanes of at least 4 members (excludes halogenated alkanes) is 1. The van der Waals surface area contributed by atoms with Crippen LogP contribution in [0.3, 0.4) is 0 Å². The molecule has 2 N–H and O–H groups in total. The molecule has 0 spiro atoms. The van der Waals surface area contributed by atoms with Crippen molar-refractivity contribution in [3.63, 3.8) is 0 Å². The standard InChI is InChI=1S/C28H32N4O4/c33-17-19-35-23-9-6-21-4-3-5-25(24(21)20-23)32-15-13-31(14-16-32)12-1-2-18-36-27-11-8-22-7-10-26(34)29-28(22)30-27/h3-11,20,33H,1-2,12-19H2,(H,29,30,34). The normalized spacial score (nSPS) is 14.4. The zero-order valence-electron chi connectivity index (χ0n) is 20.4. The molecule has 1 fully saturated rings. The van der Waals surface area contributed by atoms with Gasteiger partial charge >= 0.3 is 0 Å². The Morgan fingerprint density at radius 3 is 2.58 bits per heavy atom. The summed E-state index contributed by atoms with van der Waals surface area (Å²) in [5, 5.41) is 12.3. The van der Waals surface area contributed by atoms with Crippen molar-refractivity contribution in [1.82, 2.24) is 14.9 Å². The third kappa shape index (κ3) is 5.78. The molecule has 188 valence electrons. The maximum absolute atomic E-state index is 11.5. The quantitative estimate of drug-likeness (QED) is 0.331. The number of piperazine rings is 1. The molecule has 36 heavy (non-hydrogen) atoms. The van der Waals surface area contributed by atoms with E-state index in [1.165, 1.54) is 22.5 Å². The van der Waals surface area contributed by atoms with E-state index < -0.39 is 0 Å². The van der Waals surface area contributed by atoms with Crippen molar-refractivity contribution in [3.05, 3.63) is 71.0 Å². The van der Waals surface area contributed by atoms with Crippen LogP contribution in [-0.4, -0.2) is 72.5 Å². The number of aliphatic hydroxyl groups is 1. The smallest absolute Gasteiger partial charge is 0.249 e. The summed E-state index contributed by atoms with van der Waals surface area (Å²) in [5.41, 5.74) is 1.63. The van der Waals surface area contributed by atoms with Gasteiger partial charge in [-0.15, -0.1) is 0 Å². The molecule has 1 aliphatic rings. The van der Waals surface area contributed by atoms with Gasteiger partial charge in [-0.1, -0.05) is 18.2 Å². The number of rotatable bonds is 10. The van der Waals surface area contributed by atoms with Crippen LogP contribution < -0.4 is 19.9 Å². The zero-order valence-corrected chi connectivity index (χ0v) is 20.4. The molecule has 5 rings (SSSR count). The molecule has 0 saturated carbocycles. The lowest BCUT2D eigenvalue weighted by Gasteiger charge is -2.36. The molecule has 4 aromatic rings. The van der Waals surface area contributed by atoms with E-state index in [1.807, 2.05) is 18.2 Å². The van der Waals surface area contributed by atoms with E-state index in [1.54, 1.807) is 6.07 Å². The number of nitrogens with zero attached hydrogens (tertiary/aromatic N) is 3. The number of fused-ring (bicyclic) bond motifs is 2. The Morgan fingerprint density at radius 2 is 1.72 bits per heavy atom. The van der Waals surface area contributed by atoms with Gasteiger partial charge in [-0.05, 0) is 55.1 Å². The monoisotopic (exact) mass is 488 g/mol. The van der Waals surface area contributed by atoms with Gasteiger partial charge in [0.1, 0.15) is 18.0 Å². The van der Waals surface area contributed by atoms with Crippen LogP contribution in [0.5, 0.6) is 11.6 Å². The lowest BCUT2D eigenvalue weighted by atomic mass is 10.1. The lowest BCUT2D eigenvalue weighted by molar-refractivity contribution is 0.201. The van der Waals surface area contributed by atoms with Gasteiger partial charge in [0, 0.05) is 54.8 Å². The third-order valence-corrected chi connectivity index (χ3v) is 6.58. The number of H-pyrrole nitrogens is 1. The van der Waals surface area contributed by atoms with Crippen LogP contribution in [0.25, 0.3) is 21.8 Å². The van der Waals surface area contributed by atoms with Gasteiger partial charge in [0.25, 0.3) is 0 Å². The number of ether oxygens (including phenoxy) is 2. The molecule has 0 bridgehead atoms.